The van der Waals surface area contributed by atoms with Gasteiger partial charge in [-0.2, -0.15) is 0 Å². The minimum Gasteiger partial charge on any atom is -0.331 e. The number of nitrogens with one attached hydrogen (secondary N) is 1. The first-order chi connectivity index (χ1) is 5.48. The van der Waals surface area contributed by atoms with E-state index in [9.17, 15) is 4.79 Å². The molecule has 0 unspecified atom stereocenters. The number of carbonyl (C=O) groups excluding carboxylic acids is 1. The quantitative estimate of drug-likeness (QED) is 0.616. The maximum atomic E-state index is 11.1. The molecule has 0 aliphatic carbocycles. The van der Waals surface area contributed by atoms with Crippen LogP contribution >= 0.6 is 0 Å². The van der Waals surface area contributed by atoms with Gasteiger partial charge in [-0.3, -0.25) is 4.79 Å². The van der Waals surface area contributed by atoms with Crippen molar-refractivity contribution in [3.8, 4) is 0 Å². The Kier molecular flexibility index (Phi) is 4.29. The monoisotopic (exact) mass is 168 g/mol. The van der Waals surface area contributed by atoms with E-state index in [-0.39, 0.29) is 5.91 Å². The number of rotatable bonds is 3. The highest BCUT2D eigenvalue weighted by molar-refractivity contribution is 5.85. The third kappa shape index (κ3) is 4.68. The first-order valence-electron chi connectivity index (χ1n) is 3.86. The summed E-state index contributed by atoms with van der Waals surface area (Å²) >= 11 is 0. The maximum Gasteiger partial charge on any atom is 0.243 e. The van der Waals surface area contributed by atoms with Crippen molar-refractivity contribution in [3.05, 3.63) is 24.4 Å². The van der Waals surface area contributed by atoms with Crippen LogP contribution in [-0.2, 0) is 4.79 Å². The highest BCUT2D eigenvalue weighted by Gasteiger charge is 2.19. The molecule has 3 nitrogen and oxygen atoms in total. The largest absolute Gasteiger partial charge is 0.331 e. The molecule has 0 heterocycles. The van der Waals surface area contributed by atoms with E-state index < -0.39 is 5.54 Å². The predicted molar refractivity (Wildman–Crippen MR) is 50.4 cm³/mol. The first kappa shape index (κ1) is 10.9. The van der Waals surface area contributed by atoms with Gasteiger partial charge >= 0.3 is 0 Å². The second-order valence-corrected chi connectivity index (χ2v) is 3.08. The SMILES string of the molecule is C/C=C/C=C\NC(=O)C(C)(C)N. The molecule has 1 amide bonds. The van der Waals surface area contributed by atoms with Crippen LogP contribution in [0.5, 0.6) is 0 Å². The average molecular weight is 168 g/mol. The van der Waals surface area contributed by atoms with Gasteiger partial charge in [0.15, 0.2) is 0 Å². The standard InChI is InChI=1S/C9H16N2O/c1-4-5-6-7-11-8(12)9(2,3)10/h4-7H,10H2,1-3H3,(H,11,12)/b5-4+,7-6-. The summed E-state index contributed by atoms with van der Waals surface area (Å²) in [4.78, 5) is 11.1. The van der Waals surface area contributed by atoms with Crippen LogP contribution < -0.4 is 11.1 Å². The predicted octanol–water partition coefficient (Wildman–Crippen LogP) is 0.930. The maximum absolute atomic E-state index is 11.1. The fraction of sp³-hybridized carbons (Fsp3) is 0.444. The Morgan fingerprint density at radius 1 is 1.42 bits per heavy atom. The fourth-order valence-electron chi connectivity index (χ4n) is 0.476. The van der Waals surface area contributed by atoms with Gasteiger partial charge in [0.1, 0.15) is 0 Å². The van der Waals surface area contributed by atoms with Gasteiger partial charge < -0.3 is 11.1 Å². The molecule has 0 aliphatic rings. The van der Waals surface area contributed by atoms with Crippen molar-refractivity contribution < 1.29 is 4.79 Å². The Morgan fingerprint density at radius 3 is 2.42 bits per heavy atom. The van der Waals surface area contributed by atoms with Crippen molar-refractivity contribution in [2.24, 2.45) is 5.73 Å². The lowest BCUT2D eigenvalue weighted by atomic mass is 10.1. The highest BCUT2D eigenvalue weighted by Crippen LogP contribution is 1.94. The molecule has 0 spiro atoms. The molecule has 0 aliphatic heterocycles. The van der Waals surface area contributed by atoms with E-state index in [0.717, 1.165) is 0 Å². The number of allylic oxidation sites excluding steroid dienone is 3. The number of amides is 1. The van der Waals surface area contributed by atoms with Crippen molar-refractivity contribution in [2.75, 3.05) is 0 Å². The molecular weight excluding hydrogens is 152 g/mol. The van der Waals surface area contributed by atoms with Crippen molar-refractivity contribution in [3.63, 3.8) is 0 Å². The Labute approximate surface area is 73.3 Å². The van der Waals surface area contributed by atoms with Crippen LogP contribution in [0, 0.1) is 0 Å². The molecule has 0 saturated carbocycles. The normalized spacial score (nSPS) is 12.7. The first-order valence-corrected chi connectivity index (χ1v) is 3.86. The minimum absolute atomic E-state index is 0.191. The topological polar surface area (TPSA) is 55.1 Å². The number of hydrogen-bond donors (Lipinski definition) is 2. The summed E-state index contributed by atoms with van der Waals surface area (Å²) < 4.78 is 0. The third-order valence-corrected chi connectivity index (χ3v) is 1.20. The van der Waals surface area contributed by atoms with Crippen LogP contribution in [0.1, 0.15) is 20.8 Å². The molecule has 0 aromatic heterocycles. The lowest BCUT2D eigenvalue weighted by Gasteiger charge is -2.15. The summed E-state index contributed by atoms with van der Waals surface area (Å²) in [7, 11) is 0. The summed E-state index contributed by atoms with van der Waals surface area (Å²) in [5, 5.41) is 2.56. The molecule has 0 rings (SSSR count). The van der Waals surface area contributed by atoms with Crippen molar-refractivity contribution >= 4 is 5.91 Å². The summed E-state index contributed by atoms with van der Waals surface area (Å²) in [6.07, 6.45) is 7.00. The molecule has 0 saturated heterocycles. The zero-order chi connectivity index (χ0) is 9.61. The zero-order valence-corrected chi connectivity index (χ0v) is 7.79. The smallest absolute Gasteiger partial charge is 0.243 e. The molecule has 0 atom stereocenters. The van der Waals surface area contributed by atoms with Crippen LogP contribution in [0.15, 0.2) is 24.4 Å². The molecule has 3 heteroatoms. The van der Waals surface area contributed by atoms with Crippen molar-refractivity contribution in [2.45, 2.75) is 26.3 Å². The average Bonchev–Trinajstić information content (AvgIpc) is 1.96. The molecule has 0 radical (unpaired) electrons. The van der Waals surface area contributed by atoms with E-state index in [1.165, 1.54) is 0 Å². The number of nitrogens with two attached hydrogens (primary N) is 1. The zero-order valence-electron chi connectivity index (χ0n) is 7.79. The van der Waals surface area contributed by atoms with E-state index in [0.29, 0.717) is 0 Å². The van der Waals surface area contributed by atoms with Crippen LogP contribution in [0.4, 0.5) is 0 Å². The molecule has 0 aromatic carbocycles. The van der Waals surface area contributed by atoms with Gasteiger partial charge in [-0.25, -0.2) is 0 Å². The minimum atomic E-state index is -0.819. The van der Waals surface area contributed by atoms with Crippen molar-refractivity contribution in [1.82, 2.24) is 5.32 Å². The van der Waals surface area contributed by atoms with E-state index in [1.807, 2.05) is 19.1 Å². The van der Waals surface area contributed by atoms with Crippen LogP contribution in [0.3, 0.4) is 0 Å². The number of carbonyl (C=O) groups is 1. The second-order valence-electron chi connectivity index (χ2n) is 3.08. The van der Waals surface area contributed by atoms with Crippen LogP contribution in [-0.4, -0.2) is 11.4 Å². The van der Waals surface area contributed by atoms with Gasteiger partial charge in [-0.15, -0.1) is 0 Å². The van der Waals surface area contributed by atoms with Gasteiger partial charge in [0.05, 0.1) is 5.54 Å². The van der Waals surface area contributed by atoms with Crippen LogP contribution in [0.25, 0.3) is 0 Å². The van der Waals surface area contributed by atoms with Gasteiger partial charge in [0.25, 0.3) is 0 Å². The molecule has 0 fully saturated rings. The third-order valence-electron chi connectivity index (χ3n) is 1.20. The van der Waals surface area contributed by atoms with Crippen LogP contribution in [0.2, 0.25) is 0 Å². The van der Waals surface area contributed by atoms with E-state index in [2.05, 4.69) is 5.32 Å². The van der Waals surface area contributed by atoms with Gasteiger partial charge in [-0.1, -0.05) is 12.2 Å². The van der Waals surface area contributed by atoms with E-state index in [1.54, 1.807) is 26.1 Å². The van der Waals surface area contributed by atoms with Gasteiger partial charge in [0.2, 0.25) is 5.91 Å². The summed E-state index contributed by atoms with van der Waals surface area (Å²) in [5.41, 5.74) is 4.71. The summed E-state index contributed by atoms with van der Waals surface area (Å²) in [6, 6.07) is 0. The van der Waals surface area contributed by atoms with E-state index >= 15 is 0 Å². The molecule has 0 aromatic rings. The Balaban J connectivity index is 3.88. The highest BCUT2D eigenvalue weighted by atomic mass is 16.2. The summed E-state index contributed by atoms with van der Waals surface area (Å²) in [6.45, 7) is 5.22. The van der Waals surface area contributed by atoms with Crippen molar-refractivity contribution in [1.29, 1.82) is 0 Å². The lowest BCUT2D eigenvalue weighted by molar-refractivity contribution is -0.124. The Morgan fingerprint density at radius 2 is 2.00 bits per heavy atom. The molecule has 12 heavy (non-hydrogen) atoms. The molecule has 0 bridgehead atoms. The fourth-order valence-corrected chi connectivity index (χ4v) is 0.476. The lowest BCUT2D eigenvalue weighted by Crippen LogP contribution is -2.47. The molecular formula is C9H16N2O. The Hall–Kier alpha value is -1.09. The second kappa shape index (κ2) is 4.72. The van der Waals surface area contributed by atoms with Gasteiger partial charge in [-0.05, 0) is 26.8 Å². The molecule has 3 N–H and O–H groups in total. The Bertz CT molecular complexity index is 199. The molecule has 68 valence electrons. The number of hydrogen-bond acceptors (Lipinski definition) is 2. The summed E-state index contributed by atoms with van der Waals surface area (Å²) in [5.74, 6) is -0.191. The van der Waals surface area contributed by atoms with E-state index in [4.69, 9.17) is 5.73 Å². The van der Waals surface area contributed by atoms with Gasteiger partial charge in [0, 0.05) is 6.20 Å².